The number of aromatic amines is 1. The average Bonchev–Trinajstić information content (AvgIpc) is 3.43. The van der Waals surface area contributed by atoms with Gasteiger partial charge in [-0.3, -0.25) is 9.89 Å². The summed E-state index contributed by atoms with van der Waals surface area (Å²) in [4.78, 5) is 11.7. The number of rotatable bonds is 3. The van der Waals surface area contributed by atoms with Gasteiger partial charge in [0, 0.05) is 54.4 Å². The summed E-state index contributed by atoms with van der Waals surface area (Å²) in [6.45, 7) is 5.92. The number of benzene rings is 1. The molecule has 4 aliphatic heterocycles. The summed E-state index contributed by atoms with van der Waals surface area (Å²) in [5.41, 5.74) is 10.0. The van der Waals surface area contributed by atoms with E-state index in [4.69, 9.17) is 4.99 Å². The summed E-state index contributed by atoms with van der Waals surface area (Å²) in [6, 6.07) is 9.90. The topological polar surface area (TPSA) is 43.4 Å². The third kappa shape index (κ3) is 3.14. The molecular weight excluding hydrogens is 404 g/mol. The number of nitrogens with zero attached hydrogens (tertiary/aromatic N) is 2. The number of hydrogen-bond acceptors (Lipinski definition) is 3. The molecule has 4 heteroatoms. The zero-order valence-corrected chi connectivity index (χ0v) is 19.6. The fourth-order valence-electron chi connectivity index (χ4n) is 7.39. The van der Waals surface area contributed by atoms with Crippen LogP contribution in [0.15, 0.2) is 64.3 Å². The molecule has 1 aliphatic carbocycles. The van der Waals surface area contributed by atoms with Crippen molar-refractivity contribution in [2.45, 2.75) is 57.5 Å². The van der Waals surface area contributed by atoms with E-state index in [-0.39, 0.29) is 0 Å². The van der Waals surface area contributed by atoms with Crippen LogP contribution in [0.5, 0.6) is 0 Å². The lowest BCUT2D eigenvalue weighted by molar-refractivity contribution is 0.0441. The van der Waals surface area contributed by atoms with E-state index in [0.717, 1.165) is 31.2 Å². The second-order valence-electron chi connectivity index (χ2n) is 10.6. The van der Waals surface area contributed by atoms with Crippen LogP contribution in [-0.2, 0) is 6.42 Å². The van der Waals surface area contributed by atoms with Crippen molar-refractivity contribution in [1.82, 2.24) is 15.2 Å². The second kappa shape index (κ2) is 7.82. The second-order valence-corrected chi connectivity index (χ2v) is 10.6. The number of H-pyrrole nitrogens is 1. The van der Waals surface area contributed by atoms with Crippen LogP contribution in [0.25, 0.3) is 10.9 Å². The van der Waals surface area contributed by atoms with Crippen LogP contribution in [0.3, 0.4) is 0 Å². The fraction of sp³-hybridized carbons (Fsp3) is 0.483. The molecule has 2 N–H and O–H groups in total. The van der Waals surface area contributed by atoms with E-state index in [2.05, 4.69) is 64.6 Å². The number of para-hydroxylation sites is 1. The lowest BCUT2D eigenvalue weighted by Crippen LogP contribution is -2.48. The van der Waals surface area contributed by atoms with E-state index in [0.29, 0.717) is 12.1 Å². The molecule has 4 nitrogen and oxygen atoms in total. The van der Waals surface area contributed by atoms with Gasteiger partial charge in [-0.2, -0.15) is 0 Å². The SMILES string of the molecule is CC[C@H]1CN2CCc3c([nH]c4ccccc34)[C@@H]2C[C@@H]1CC1NCCC2=NC3=CC=CCC3=C21. The van der Waals surface area contributed by atoms with Gasteiger partial charge in [-0.1, -0.05) is 43.7 Å². The maximum atomic E-state index is 5.03. The summed E-state index contributed by atoms with van der Waals surface area (Å²) in [7, 11) is 0. The van der Waals surface area contributed by atoms with Crippen molar-refractivity contribution in [2.24, 2.45) is 16.8 Å². The van der Waals surface area contributed by atoms with Crippen molar-refractivity contribution in [3.63, 3.8) is 0 Å². The Balaban J connectivity index is 1.20. The Kier molecular flexibility index (Phi) is 4.73. The third-order valence-electron chi connectivity index (χ3n) is 9.01. The first kappa shape index (κ1) is 20.0. The summed E-state index contributed by atoms with van der Waals surface area (Å²) in [5, 5.41) is 5.36. The Labute approximate surface area is 196 Å². The number of fused-ring (bicyclic) bond motifs is 7. The highest BCUT2D eigenvalue weighted by Crippen LogP contribution is 2.46. The molecule has 5 heterocycles. The van der Waals surface area contributed by atoms with Crippen LogP contribution < -0.4 is 5.32 Å². The molecule has 170 valence electrons. The number of aliphatic imine (C=N–C) groups is 1. The predicted molar refractivity (Wildman–Crippen MR) is 136 cm³/mol. The van der Waals surface area contributed by atoms with Crippen molar-refractivity contribution >= 4 is 16.6 Å². The molecule has 5 aliphatic rings. The molecule has 0 spiro atoms. The van der Waals surface area contributed by atoms with E-state index in [1.165, 1.54) is 72.4 Å². The van der Waals surface area contributed by atoms with Crippen LogP contribution in [0.2, 0.25) is 0 Å². The van der Waals surface area contributed by atoms with Crippen LogP contribution in [-0.4, -0.2) is 41.3 Å². The van der Waals surface area contributed by atoms with Gasteiger partial charge in [-0.15, -0.1) is 0 Å². The molecule has 0 amide bonds. The zero-order chi connectivity index (χ0) is 21.9. The molecule has 2 aromatic rings. The lowest BCUT2D eigenvalue weighted by atomic mass is 9.73. The minimum Gasteiger partial charge on any atom is -0.357 e. The third-order valence-corrected chi connectivity index (χ3v) is 9.01. The Bertz CT molecular complexity index is 1230. The molecule has 2 saturated heterocycles. The highest BCUT2D eigenvalue weighted by molar-refractivity contribution is 6.06. The van der Waals surface area contributed by atoms with E-state index < -0.39 is 0 Å². The van der Waals surface area contributed by atoms with Crippen molar-refractivity contribution < 1.29 is 0 Å². The highest BCUT2D eigenvalue weighted by Gasteiger charge is 2.42. The molecule has 4 atom stereocenters. The normalized spacial score (nSPS) is 31.1. The number of hydrogen-bond donors (Lipinski definition) is 2. The maximum absolute atomic E-state index is 5.03. The fourth-order valence-corrected chi connectivity index (χ4v) is 7.39. The minimum atomic E-state index is 0.460. The van der Waals surface area contributed by atoms with Gasteiger partial charge in [0.1, 0.15) is 0 Å². The van der Waals surface area contributed by atoms with Crippen molar-refractivity contribution in [1.29, 1.82) is 0 Å². The van der Waals surface area contributed by atoms with Crippen molar-refractivity contribution in [2.75, 3.05) is 19.6 Å². The zero-order valence-electron chi connectivity index (χ0n) is 19.6. The molecule has 0 saturated carbocycles. The maximum Gasteiger partial charge on any atom is 0.0672 e. The summed E-state index contributed by atoms with van der Waals surface area (Å²) in [5.74, 6) is 1.52. The molecule has 0 bridgehead atoms. The summed E-state index contributed by atoms with van der Waals surface area (Å²) >= 11 is 0. The van der Waals surface area contributed by atoms with E-state index in [1.54, 1.807) is 11.1 Å². The average molecular weight is 439 g/mol. The van der Waals surface area contributed by atoms with Gasteiger partial charge >= 0.3 is 0 Å². The Morgan fingerprint density at radius 2 is 2.09 bits per heavy atom. The molecule has 0 radical (unpaired) electrons. The molecular formula is C29H34N4. The molecule has 7 rings (SSSR count). The van der Waals surface area contributed by atoms with Gasteiger partial charge in [0.25, 0.3) is 0 Å². The van der Waals surface area contributed by atoms with Crippen LogP contribution in [0.1, 0.15) is 56.3 Å². The summed E-state index contributed by atoms with van der Waals surface area (Å²) in [6.07, 6.45) is 13.8. The van der Waals surface area contributed by atoms with E-state index >= 15 is 0 Å². The van der Waals surface area contributed by atoms with Crippen molar-refractivity contribution in [3.8, 4) is 0 Å². The standard InChI is InChI=1S/C29H34N4/c1-2-18-17-33-14-12-21-20-7-3-5-9-23(20)32-29(21)27(33)16-19(18)15-26-28-22-8-4-6-10-24(22)31-25(28)11-13-30-26/h3-7,9-10,18-19,26-27,30,32H,2,8,11-17H2,1H3/t18-,19-,26?,27-/m0/s1. The minimum absolute atomic E-state index is 0.460. The molecule has 1 unspecified atom stereocenters. The molecule has 1 aromatic heterocycles. The first-order valence-corrected chi connectivity index (χ1v) is 13.0. The van der Waals surface area contributed by atoms with E-state index in [9.17, 15) is 0 Å². The first-order chi connectivity index (χ1) is 16.3. The first-order valence-electron chi connectivity index (χ1n) is 13.0. The van der Waals surface area contributed by atoms with Crippen molar-refractivity contribution in [3.05, 3.63) is 70.6 Å². The largest absolute Gasteiger partial charge is 0.357 e. The van der Waals surface area contributed by atoms with Crippen LogP contribution in [0.4, 0.5) is 0 Å². The van der Waals surface area contributed by atoms with Gasteiger partial charge in [-0.05, 0) is 66.4 Å². The Hall–Kier alpha value is -2.43. The smallest absolute Gasteiger partial charge is 0.0672 e. The van der Waals surface area contributed by atoms with Crippen LogP contribution >= 0.6 is 0 Å². The van der Waals surface area contributed by atoms with Gasteiger partial charge in [0.05, 0.1) is 11.7 Å². The quantitative estimate of drug-likeness (QED) is 0.668. The molecule has 33 heavy (non-hydrogen) atoms. The van der Waals surface area contributed by atoms with Gasteiger partial charge < -0.3 is 10.3 Å². The van der Waals surface area contributed by atoms with Gasteiger partial charge in [0.15, 0.2) is 0 Å². The van der Waals surface area contributed by atoms with E-state index in [1.807, 2.05) is 0 Å². The number of piperidine rings is 2. The number of allylic oxidation sites excluding steroid dienone is 4. The number of nitrogens with one attached hydrogen (secondary N) is 2. The van der Waals surface area contributed by atoms with Gasteiger partial charge in [0.2, 0.25) is 0 Å². The lowest BCUT2D eigenvalue weighted by Gasteiger charge is -2.47. The Morgan fingerprint density at radius 3 is 3.03 bits per heavy atom. The van der Waals surface area contributed by atoms with Crippen LogP contribution in [0, 0.1) is 11.8 Å². The molecule has 2 fully saturated rings. The monoisotopic (exact) mass is 438 g/mol. The summed E-state index contributed by atoms with van der Waals surface area (Å²) < 4.78 is 0. The molecule has 1 aromatic carbocycles. The van der Waals surface area contributed by atoms with Gasteiger partial charge in [-0.25, -0.2) is 0 Å². The predicted octanol–water partition coefficient (Wildman–Crippen LogP) is 5.46. The highest BCUT2D eigenvalue weighted by atomic mass is 15.2. The number of aromatic nitrogens is 1. The Morgan fingerprint density at radius 1 is 1.15 bits per heavy atom.